The lowest BCUT2D eigenvalue weighted by Crippen LogP contribution is -2.49. The summed E-state index contributed by atoms with van der Waals surface area (Å²) in [6.45, 7) is 6.51. The van der Waals surface area contributed by atoms with Crippen LogP contribution in [0.1, 0.15) is 18.2 Å². The van der Waals surface area contributed by atoms with E-state index in [4.69, 9.17) is 14.2 Å². The molecule has 1 amide bonds. The lowest BCUT2D eigenvalue weighted by atomic mass is 10.1. The fourth-order valence-corrected chi connectivity index (χ4v) is 3.36. The molecule has 1 aliphatic heterocycles. The molecule has 2 aromatic rings. The van der Waals surface area contributed by atoms with Gasteiger partial charge in [-0.15, -0.1) is 0 Å². The van der Waals surface area contributed by atoms with Crippen LogP contribution in [0.3, 0.4) is 0 Å². The second kappa shape index (κ2) is 8.82. The standard InChI is InChI=1S/C21H27N3O4/c1-5-16-14-19(20(27-4)22-15(16)2)28-21(25)24-12-10-23(11-13-24)17-8-6-7-9-18(17)26-3/h6-9,14H,5,10-13H2,1-4H3. The van der Waals surface area contributed by atoms with Gasteiger partial charge in [0.15, 0.2) is 5.75 Å². The Morgan fingerprint density at radius 1 is 1.07 bits per heavy atom. The number of hydrogen-bond acceptors (Lipinski definition) is 6. The highest BCUT2D eigenvalue weighted by Crippen LogP contribution is 2.30. The first-order chi connectivity index (χ1) is 13.6. The first-order valence-electron chi connectivity index (χ1n) is 9.46. The summed E-state index contributed by atoms with van der Waals surface area (Å²) in [6, 6.07) is 9.74. The van der Waals surface area contributed by atoms with Crippen molar-refractivity contribution in [2.45, 2.75) is 20.3 Å². The van der Waals surface area contributed by atoms with E-state index in [1.807, 2.05) is 44.2 Å². The molecular formula is C21H27N3O4. The molecule has 0 N–H and O–H groups in total. The van der Waals surface area contributed by atoms with E-state index >= 15 is 0 Å². The Morgan fingerprint density at radius 2 is 1.79 bits per heavy atom. The Hall–Kier alpha value is -2.96. The largest absolute Gasteiger partial charge is 0.495 e. The number of para-hydroxylation sites is 2. The number of hydrogen-bond donors (Lipinski definition) is 0. The zero-order valence-electron chi connectivity index (χ0n) is 16.9. The first-order valence-corrected chi connectivity index (χ1v) is 9.46. The fourth-order valence-electron chi connectivity index (χ4n) is 3.36. The van der Waals surface area contributed by atoms with Crippen LogP contribution in [0.5, 0.6) is 17.4 Å². The van der Waals surface area contributed by atoms with Gasteiger partial charge in [0.2, 0.25) is 0 Å². The highest BCUT2D eigenvalue weighted by molar-refractivity contribution is 5.72. The third-order valence-corrected chi connectivity index (χ3v) is 4.99. The van der Waals surface area contributed by atoms with Gasteiger partial charge in [-0.1, -0.05) is 19.1 Å². The summed E-state index contributed by atoms with van der Waals surface area (Å²) in [5, 5.41) is 0. The van der Waals surface area contributed by atoms with Crippen molar-refractivity contribution in [2.75, 3.05) is 45.3 Å². The van der Waals surface area contributed by atoms with Crippen LogP contribution in [0, 0.1) is 6.92 Å². The lowest BCUT2D eigenvalue weighted by Gasteiger charge is -2.36. The number of amides is 1. The summed E-state index contributed by atoms with van der Waals surface area (Å²) < 4.78 is 16.3. The number of rotatable bonds is 5. The Kier molecular flexibility index (Phi) is 6.23. The van der Waals surface area contributed by atoms with E-state index in [-0.39, 0.29) is 6.09 Å². The number of piperazine rings is 1. The van der Waals surface area contributed by atoms with Crippen molar-refractivity contribution in [2.24, 2.45) is 0 Å². The molecule has 0 aliphatic carbocycles. The molecule has 0 unspecified atom stereocenters. The second-order valence-corrected chi connectivity index (χ2v) is 6.61. The molecule has 2 heterocycles. The number of nitrogens with zero attached hydrogens (tertiary/aromatic N) is 3. The number of carbonyl (C=O) groups excluding carboxylic acids is 1. The monoisotopic (exact) mass is 385 g/mol. The topological polar surface area (TPSA) is 64.1 Å². The molecule has 3 rings (SSSR count). The number of aryl methyl sites for hydroxylation is 2. The summed E-state index contributed by atoms with van der Waals surface area (Å²) in [5.74, 6) is 1.53. The summed E-state index contributed by atoms with van der Waals surface area (Å²) in [4.78, 5) is 21.0. The van der Waals surface area contributed by atoms with Gasteiger partial charge in [0.25, 0.3) is 5.88 Å². The maximum Gasteiger partial charge on any atom is 0.415 e. The number of methoxy groups -OCH3 is 2. The molecule has 7 nitrogen and oxygen atoms in total. The molecule has 1 fully saturated rings. The minimum Gasteiger partial charge on any atom is -0.495 e. The summed E-state index contributed by atoms with van der Waals surface area (Å²) in [5.41, 5.74) is 2.95. The molecule has 0 saturated carbocycles. The molecule has 0 radical (unpaired) electrons. The van der Waals surface area contributed by atoms with Gasteiger partial charge in [0.1, 0.15) is 5.75 Å². The third-order valence-electron chi connectivity index (χ3n) is 4.99. The van der Waals surface area contributed by atoms with Gasteiger partial charge in [0.05, 0.1) is 19.9 Å². The van der Waals surface area contributed by atoms with E-state index < -0.39 is 0 Å². The zero-order valence-corrected chi connectivity index (χ0v) is 16.9. The van der Waals surface area contributed by atoms with Crippen LogP contribution >= 0.6 is 0 Å². The van der Waals surface area contributed by atoms with Gasteiger partial charge < -0.3 is 24.0 Å². The smallest absolute Gasteiger partial charge is 0.415 e. The van der Waals surface area contributed by atoms with Crippen molar-refractivity contribution in [3.63, 3.8) is 0 Å². The summed E-state index contributed by atoms with van der Waals surface area (Å²) >= 11 is 0. The van der Waals surface area contributed by atoms with Crippen LogP contribution < -0.4 is 19.1 Å². The van der Waals surface area contributed by atoms with Gasteiger partial charge >= 0.3 is 6.09 Å². The van der Waals surface area contributed by atoms with Crippen LogP contribution in [0.4, 0.5) is 10.5 Å². The fraction of sp³-hybridized carbons (Fsp3) is 0.429. The Balaban J connectivity index is 1.66. The average molecular weight is 385 g/mol. The van der Waals surface area contributed by atoms with Crippen molar-refractivity contribution in [1.82, 2.24) is 9.88 Å². The van der Waals surface area contributed by atoms with Crippen molar-refractivity contribution >= 4 is 11.8 Å². The number of ether oxygens (including phenoxy) is 3. The van der Waals surface area contributed by atoms with Crippen molar-refractivity contribution < 1.29 is 19.0 Å². The Labute approximate surface area is 165 Å². The van der Waals surface area contributed by atoms with Gasteiger partial charge in [-0.2, -0.15) is 0 Å². The molecular weight excluding hydrogens is 358 g/mol. The quantitative estimate of drug-likeness (QED) is 0.787. The minimum absolute atomic E-state index is 0.329. The molecule has 7 heteroatoms. The Morgan fingerprint density at radius 3 is 2.43 bits per heavy atom. The van der Waals surface area contributed by atoms with E-state index in [2.05, 4.69) is 9.88 Å². The number of pyridine rings is 1. The van der Waals surface area contributed by atoms with Gasteiger partial charge in [0, 0.05) is 31.9 Å². The number of benzene rings is 1. The van der Waals surface area contributed by atoms with E-state index in [1.165, 1.54) is 7.11 Å². The van der Waals surface area contributed by atoms with Crippen molar-refractivity contribution in [1.29, 1.82) is 0 Å². The molecule has 0 bridgehead atoms. The Bertz CT molecular complexity index is 832. The molecule has 1 aromatic carbocycles. The predicted octanol–water partition coefficient (Wildman–Crippen LogP) is 3.29. The van der Waals surface area contributed by atoms with E-state index in [1.54, 1.807) is 12.0 Å². The highest BCUT2D eigenvalue weighted by atomic mass is 16.6. The summed E-state index contributed by atoms with van der Waals surface area (Å²) in [7, 11) is 3.19. The van der Waals surface area contributed by atoms with E-state index in [0.29, 0.717) is 37.8 Å². The van der Waals surface area contributed by atoms with Crippen LogP contribution in [-0.4, -0.2) is 56.4 Å². The van der Waals surface area contributed by atoms with Gasteiger partial charge in [-0.25, -0.2) is 9.78 Å². The van der Waals surface area contributed by atoms with Crippen molar-refractivity contribution in [3.05, 3.63) is 41.6 Å². The van der Waals surface area contributed by atoms with Gasteiger partial charge in [-0.05, 0) is 37.1 Å². The number of carbonyl (C=O) groups is 1. The first kappa shape index (κ1) is 19.8. The minimum atomic E-state index is -0.384. The van der Waals surface area contributed by atoms with Gasteiger partial charge in [-0.3, -0.25) is 0 Å². The molecule has 1 aliphatic rings. The van der Waals surface area contributed by atoms with Crippen molar-refractivity contribution in [3.8, 4) is 17.4 Å². The third kappa shape index (κ3) is 4.13. The lowest BCUT2D eigenvalue weighted by molar-refractivity contribution is 0.147. The van der Waals surface area contributed by atoms with Crippen LogP contribution in [0.2, 0.25) is 0 Å². The molecule has 1 aromatic heterocycles. The molecule has 1 saturated heterocycles. The second-order valence-electron chi connectivity index (χ2n) is 6.61. The normalized spacial score (nSPS) is 14.0. The highest BCUT2D eigenvalue weighted by Gasteiger charge is 2.25. The molecule has 28 heavy (non-hydrogen) atoms. The molecule has 150 valence electrons. The van der Waals surface area contributed by atoms with Crippen LogP contribution in [0.25, 0.3) is 0 Å². The van der Waals surface area contributed by atoms with Crippen LogP contribution in [0.15, 0.2) is 30.3 Å². The average Bonchev–Trinajstić information content (AvgIpc) is 2.74. The predicted molar refractivity (Wildman–Crippen MR) is 108 cm³/mol. The zero-order chi connectivity index (χ0) is 20.1. The van der Waals surface area contributed by atoms with E-state index in [9.17, 15) is 4.79 Å². The molecule has 0 spiro atoms. The maximum atomic E-state index is 12.7. The number of aromatic nitrogens is 1. The van der Waals surface area contributed by atoms with E-state index in [0.717, 1.165) is 29.1 Å². The molecule has 0 atom stereocenters. The maximum absolute atomic E-state index is 12.7. The number of anilines is 1. The SMILES string of the molecule is CCc1cc(OC(=O)N2CCN(c3ccccc3OC)CC2)c(OC)nc1C. The summed E-state index contributed by atoms with van der Waals surface area (Å²) in [6.07, 6.45) is 0.427. The van der Waals surface area contributed by atoms with Crippen LogP contribution in [-0.2, 0) is 6.42 Å².